The van der Waals surface area contributed by atoms with Gasteiger partial charge in [-0.2, -0.15) is 4.39 Å². The van der Waals surface area contributed by atoms with Crippen LogP contribution >= 0.6 is 0 Å². The molecule has 1 fully saturated rings. The predicted molar refractivity (Wildman–Crippen MR) is 126 cm³/mol. The maximum absolute atomic E-state index is 15.4. The van der Waals surface area contributed by atoms with E-state index in [0.717, 1.165) is 0 Å². The number of alkyl halides is 1. The summed E-state index contributed by atoms with van der Waals surface area (Å²) in [6.45, 7) is 1.21. The summed E-state index contributed by atoms with van der Waals surface area (Å²) in [5.74, 6) is -1.68. The zero-order valence-electron chi connectivity index (χ0n) is 18.8. The van der Waals surface area contributed by atoms with Crippen molar-refractivity contribution in [1.29, 1.82) is 0 Å². The molecule has 0 saturated carbocycles. The summed E-state index contributed by atoms with van der Waals surface area (Å²) in [6, 6.07) is 11.2. The van der Waals surface area contributed by atoms with Gasteiger partial charge in [-0.25, -0.2) is 9.37 Å². The Balaban J connectivity index is 1.49. The van der Waals surface area contributed by atoms with Gasteiger partial charge in [-0.1, -0.05) is 6.07 Å². The van der Waals surface area contributed by atoms with Crippen molar-refractivity contribution in [2.45, 2.75) is 19.5 Å². The molecule has 5 rings (SSSR count). The number of halogens is 2. The smallest absolute Gasteiger partial charge is 0.244 e. The SMILES string of the molecule is CC(=O)c1ccc(NC(=O)CN2C(=O)Cc3ncccc3-c3c2cc(N2CC(F)C2)nc3F)cc1. The van der Waals surface area contributed by atoms with Crippen LogP contribution in [0.5, 0.6) is 0 Å². The Morgan fingerprint density at radius 2 is 1.91 bits per heavy atom. The number of amides is 2. The van der Waals surface area contributed by atoms with Crippen molar-refractivity contribution in [3.63, 3.8) is 0 Å². The highest BCUT2D eigenvalue weighted by atomic mass is 19.1. The van der Waals surface area contributed by atoms with E-state index in [-0.39, 0.29) is 48.9 Å². The van der Waals surface area contributed by atoms with Gasteiger partial charge in [0.25, 0.3) is 0 Å². The topological polar surface area (TPSA) is 95.5 Å². The first-order chi connectivity index (χ1) is 16.8. The Hall–Kier alpha value is -4.21. The lowest BCUT2D eigenvalue weighted by molar-refractivity contribution is -0.121. The Morgan fingerprint density at radius 1 is 1.17 bits per heavy atom. The summed E-state index contributed by atoms with van der Waals surface area (Å²) in [5.41, 5.74) is 1.99. The first-order valence-corrected chi connectivity index (χ1v) is 11.0. The van der Waals surface area contributed by atoms with E-state index in [1.807, 2.05) is 0 Å². The van der Waals surface area contributed by atoms with E-state index in [4.69, 9.17) is 0 Å². The Morgan fingerprint density at radius 3 is 2.60 bits per heavy atom. The van der Waals surface area contributed by atoms with E-state index in [1.165, 1.54) is 24.1 Å². The first kappa shape index (κ1) is 22.6. The highest BCUT2D eigenvalue weighted by molar-refractivity contribution is 6.07. The van der Waals surface area contributed by atoms with Gasteiger partial charge in [0.05, 0.1) is 36.5 Å². The number of Topliss-reactive ketones (excluding diaryl/α,β-unsaturated/α-hetero) is 1. The minimum Gasteiger partial charge on any atom is -0.350 e. The summed E-state index contributed by atoms with van der Waals surface area (Å²) in [6.07, 6.45) is 0.359. The number of fused-ring (bicyclic) bond motifs is 3. The molecule has 8 nitrogen and oxygen atoms in total. The monoisotopic (exact) mass is 477 g/mol. The van der Waals surface area contributed by atoms with Crippen molar-refractivity contribution in [3.8, 4) is 11.1 Å². The van der Waals surface area contributed by atoms with Gasteiger partial charge in [0.2, 0.25) is 17.8 Å². The number of carbonyl (C=O) groups is 3. The summed E-state index contributed by atoms with van der Waals surface area (Å²) >= 11 is 0. The van der Waals surface area contributed by atoms with Crippen LogP contribution in [0, 0.1) is 5.95 Å². The van der Waals surface area contributed by atoms with Gasteiger partial charge in [0, 0.05) is 29.1 Å². The number of hydrogen-bond donors (Lipinski definition) is 1. The molecule has 0 atom stereocenters. The van der Waals surface area contributed by atoms with E-state index in [0.29, 0.717) is 22.5 Å². The molecular formula is C25H21F2N5O3. The van der Waals surface area contributed by atoms with E-state index in [9.17, 15) is 18.8 Å². The largest absolute Gasteiger partial charge is 0.350 e. The molecule has 0 bridgehead atoms. The standard InChI is InChI=1S/C25H21F2N5O3/c1-14(33)15-4-6-17(7-5-15)29-22(34)13-32-20-10-21(31-11-16(26)12-31)30-25(27)24(20)18-3-2-8-28-19(18)9-23(32)35/h2-8,10,16H,9,11-13H2,1H3,(H,29,34). The molecule has 0 aliphatic carbocycles. The summed E-state index contributed by atoms with van der Waals surface area (Å²) in [4.78, 5) is 48.6. The number of ketones is 1. The normalized spacial score (nSPS) is 15.1. The van der Waals surface area contributed by atoms with E-state index in [1.54, 1.807) is 41.3 Å². The van der Waals surface area contributed by atoms with Crippen LogP contribution in [-0.4, -0.2) is 53.4 Å². The number of rotatable bonds is 5. The molecule has 3 aromatic rings. The molecule has 1 N–H and O–H groups in total. The number of anilines is 3. The molecule has 35 heavy (non-hydrogen) atoms. The summed E-state index contributed by atoms with van der Waals surface area (Å²) < 4.78 is 28.8. The van der Waals surface area contributed by atoms with Crippen LogP contribution < -0.4 is 15.1 Å². The van der Waals surface area contributed by atoms with Crippen molar-refractivity contribution in [2.75, 3.05) is 34.8 Å². The lowest BCUT2D eigenvalue weighted by Gasteiger charge is -2.36. The molecule has 2 aliphatic heterocycles. The molecule has 0 radical (unpaired) electrons. The fraction of sp³-hybridized carbons (Fsp3) is 0.240. The third-order valence-corrected chi connectivity index (χ3v) is 6.05. The maximum Gasteiger partial charge on any atom is 0.244 e. The molecule has 0 unspecified atom stereocenters. The van der Waals surface area contributed by atoms with Crippen LogP contribution in [0.15, 0.2) is 48.7 Å². The second kappa shape index (κ2) is 8.86. The van der Waals surface area contributed by atoms with E-state index >= 15 is 4.39 Å². The van der Waals surface area contributed by atoms with E-state index < -0.39 is 23.9 Å². The summed E-state index contributed by atoms with van der Waals surface area (Å²) in [5, 5.41) is 2.70. The third-order valence-electron chi connectivity index (χ3n) is 6.05. The maximum atomic E-state index is 15.4. The van der Waals surface area contributed by atoms with Gasteiger partial charge < -0.3 is 15.1 Å². The molecule has 1 saturated heterocycles. The fourth-order valence-corrected chi connectivity index (χ4v) is 4.21. The molecule has 10 heteroatoms. The van der Waals surface area contributed by atoms with Gasteiger partial charge in [0.1, 0.15) is 18.5 Å². The Bertz CT molecular complexity index is 1340. The molecule has 178 valence electrons. The lowest BCUT2D eigenvalue weighted by atomic mass is 10.0. The Labute approximate surface area is 199 Å². The Kier molecular flexibility index (Phi) is 5.72. The molecule has 1 aromatic carbocycles. The van der Waals surface area contributed by atoms with Crippen molar-refractivity contribution in [1.82, 2.24) is 9.97 Å². The first-order valence-electron chi connectivity index (χ1n) is 11.0. The number of nitrogens with one attached hydrogen (secondary N) is 1. The molecular weight excluding hydrogens is 456 g/mol. The second-order valence-electron chi connectivity index (χ2n) is 8.50. The van der Waals surface area contributed by atoms with E-state index in [2.05, 4.69) is 15.3 Å². The molecule has 2 amide bonds. The summed E-state index contributed by atoms with van der Waals surface area (Å²) in [7, 11) is 0. The minimum absolute atomic E-state index is 0.0682. The third kappa shape index (κ3) is 4.34. The van der Waals surface area contributed by atoms with Crippen LogP contribution in [0.3, 0.4) is 0 Å². The van der Waals surface area contributed by atoms with Crippen LogP contribution in [-0.2, 0) is 16.0 Å². The second-order valence-corrected chi connectivity index (χ2v) is 8.50. The predicted octanol–water partition coefficient (Wildman–Crippen LogP) is 3.17. The number of aromatic nitrogens is 2. The number of carbonyl (C=O) groups excluding carboxylic acids is 3. The van der Waals surface area contributed by atoms with Crippen LogP contribution in [0.2, 0.25) is 0 Å². The number of nitrogens with zero attached hydrogens (tertiary/aromatic N) is 4. The van der Waals surface area contributed by atoms with Gasteiger partial charge in [-0.15, -0.1) is 0 Å². The fourth-order valence-electron chi connectivity index (χ4n) is 4.21. The molecule has 4 heterocycles. The number of benzene rings is 1. The van der Waals surface area contributed by atoms with Gasteiger partial charge in [-0.05, 0) is 37.3 Å². The highest BCUT2D eigenvalue weighted by Gasteiger charge is 2.34. The zero-order chi connectivity index (χ0) is 24.7. The quantitative estimate of drug-likeness (QED) is 0.448. The zero-order valence-corrected chi connectivity index (χ0v) is 18.8. The highest BCUT2D eigenvalue weighted by Crippen LogP contribution is 2.40. The van der Waals surface area contributed by atoms with Gasteiger partial charge in [-0.3, -0.25) is 19.4 Å². The van der Waals surface area contributed by atoms with Crippen molar-refractivity contribution in [3.05, 3.63) is 65.9 Å². The number of hydrogen-bond acceptors (Lipinski definition) is 6. The lowest BCUT2D eigenvalue weighted by Crippen LogP contribution is -2.49. The average Bonchev–Trinajstić information content (AvgIpc) is 2.92. The van der Waals surface area contributed by atoms with Crippen LogP contribution in [0.4, 0.5) is 26.0 Å². The average molecular weight is 477 g/mol. The van der Waals surface area contributed by atoms with Gasteiger partial charge in [0.15, 0.2) is 5.78 Å². The molecule has 2 aromatic heterocycles. The van der Waals surface area contributed by atoms with Gasteiger partial charge >= 0.3 is 0 Å². The van der Waals surface area contributed by atoms with Crippen LogP contribution in [0.25, 0.3) is 11.1 Å². The van der Waals surface area contributed by atoms with Crippen LogP contribution in [0.1, 0.15) is 23.0 Å². The number of pyridine rings is 2. The molecule has 0 spiro atoms. The van der Waals surface area contributed by atoms with Crippen molar-refractivity contribution in [2.24, 2.45) is 0 Å². The van der Waals surface area contributed by atoms with Crippen molar-refractivity contribution >= 4 is 34.8 Å². The minimum atomic E-state index is -1.03. The van der Waals surface area contributed by atoms with Crippen molar-refractivity contribution < 1.29 is 23.2 Å². The molecule has 2 aliphatic rings.